The number of nitrogens with zero attached hydrogens (tertiary/aromatic N) is 2. The van der Waals surface area contributed by atoms with Crippen LogP contribution in [0.4, 0.5) is 8.78 Å². The molecule has 36 heavy (non-hydrogen) atoms. The molecule has 0 radical (unpaired) electrons. The molecule has 14 heteroatoms. The number of fused-ring (bicyclic) bond motifs is 1. The number of hydrogen-bond donors (Lipinski definition) is 1. The average molecular weight is 509 g/mol. The first-order valence-electron chi connectivity index (χ1n) is 11.4. The van der Waals surface area contributed by atoms with E-state index in [0.29, 0.717) is 16.7 Å². The van der Waals surface area contributed by atoms with Crippen molar-refractivity contribution in [1.82, 2.24) is 15.0 Å². The molecule has 182 valence electrons. The van der Waals surface area contributed by atoms with Crippen molar-refractivity contribution >= 4 is 66.7 Å². The molecule has 7 nitrogen and oxygen atoms in total. The van der Waals surface area contributed by atoms with Gasteiger partial charge in [0.2, 0.25) is 19.8 Å². The fraction of sp³-hybridized carbons (Fsp3) is 0.273. The molecule has 0 spiro atoms. The second-order valence-electron chi connectivity index (χ2n) is 9.85. The summed E-state index contributed by atoms with van der Waals surface area (Å²) in [6, 6.07) is 8.74. The molecule has 4 amide bonds. The van der Waals surface area contributed by atoms with Crippen molar-refractivity contribution in [3.63, 3.8) is 0 Å². The number of hydrogen-bond acceptors (Lipinski definition) is 4. The first-order chi connectivity index (χ1) is 16.8. The Morgan fingerprint density at radius 2 is 1.78 bits per heavy atom. The molecule has 1 saturated heterocycles. The Kier molecular flexibility index (Phi) is 6.58. The molecule has 0 aromatic heterocycles. The van der Waals surface area contributed by atoms with E-state index in [1.807, 2.05) is 0 Å². The van der Waals surface area contributed by atoms with Crippen LogP contribution in [0.25, 0.3) is 0 Å². The number of carbonyl (C=O) groups excluding carboxylic acids is 4. The van der Waals surface area contributed by atoms with Crippen molar-refractivity contribution in [3.05, 3.63) is 69.7 Å². The van der Waals surface area contributed by atoms with Gasteiger partial charge in [0.25, 0.3) is 11.8 Å². The van der Waals surface area contributed by atoms with Crippen LogP contribution < -0.4 is 5.32 Å². The fourth-order valence-corrected chi connectivity index (χ4v) is 4.88. The summed E-state index contributed by atoms with van der Waals surface area (Å²) in [5, 5.41) is 1.69. The van der Waals surface area contributed by atoms with Crippen molar-refractivity contribution in [2.45, 2.75) is 36.1 Å². The van der Waals surface area contributed by atoms with Gasteiger partial charge in [0.1, 0.15) is 29.6 Å². The second kappa shape index (κ2) is 9.10. The van der Waals surface area contributed by atoms with E-state index in [-0.39, 0.29) is 29.9 Å². The quantitative estimate of drug-likeness (QED) is 0.406. The van der Waals surface area contributed by atoms with Crippen LogP contribution in [-0.4, -0.2) is 70.9 Å². The van der Waals surface area contributed by atoms with E-state index in [1.165, 1.54) is 25.0 Å². The van der Waals surface area contributed by atoms with Crippen LogP contribution in [0.2, 0.25) is 16.1 Å². The van der Waals surface area contributed by atoms with Gasteiger partial charge >= 0.3 is 5.92 Å². The maximum Gasteiger partial charge on any atom is 0.349 e. The van der Waals surface area contributed by atoms with Gasteiger partial charge in [-0.05, 0) is 40.4 Å². The van der Waals surface area contributed by atoms with E-state index < -0.39 is 40.4 Å². The average Bonchev–Trinajstić information content (AvgIpc) is 3.16. The third-order valence-electron chi connectivity index (χ3n) is 7.33. The van der Waals surface area contributed by atoms with Crippen molar-refractivity contribution in [2.24, 2.45) is 0 Å². The summed E-state index contributed by atoms with van der Waals surface area (Å²) < 4.78 is 29.1. The molecule has 2 aromatic rings. The van der Waals surface area contributed by atoms with Crippen molar-refractivity contribution in [3.8, 4) is 0 Å². The largest absolute Gasteiger partial charge is 0.349 e. The van der Waals surface area contributed by atoms with Crippen LogP contribution in [0.1, 0.15) is 27.0 Å². The van der Waals surface area contributed by atoms with Gasteiger partial charge in [0.15, 0.2) is 0 Å². The van der Waals surface area contributed by atoms with Crippen LogP contribution in [0.15, 0.2) is 42.5 Å². The van der Waals surface area contributed by atoms with E-state index in [9.17, 15) is 28.0 Å². The van der Waals surface area contributed by atoms with Crippen LogP contribution in [0.3, 0.4) is 0 Å². The van der Waals surface area contributed by atoms with Crippen LogP contribution >= 0.6 is 11.6 Å². The lowest BCUT2D eigenvalue weighted by Crippen LogP contribution is -2.62. The SMILES string of the molecule is BC1C(N2Cc3cc(CNC(=O)C(F)(F)c4ccc(Cl)cc4)ccc3C2=O)C(=O)N(B)C(=O)C1(B)B. The number of piperidine rings is 1. The van der Waals surface area contributed by atoms with Gasteiger partial charge < -0.3 is 15.0 Å². The molecule has 2 unspecified atom stereocenters. The minimum Gasteiger partial charge on any atom is -0.346 e. The van der Waals surface area contributed by atoms with Gasteiger partial charge in [-0.1, -0.05) is 35.9 Å². The van der Waals surface area contributed by atoms with E-state index in [2.05, 4.69) is 5.32 Å². The van der Waals surface area contributed by atoms with E-state index in [4.69, 9.17) is 11.6 Å². The summed E-state index contributed by atoms with van der Waals surface area (Å²) in [5.41, 5.74) is 1.07. The highest BCUT2D eigenvalue weighted by molar-refractivity contribution is 6.57. The molecule has 2 aromatic carbocycles. The zero-order valence-corrected chi connectivity index (χ0v) is 21.0. The highest BCUT2D eigenvalue weighted by atomic mass is 35.5. The number of amides is 4. The van der Waals surface area contributed by atoms with E-state index in [0.717, 1.165) is 16.9 Å². The maximum atomic E-state index is 14.5. The Morgan fingerprint density at radius 3 is 2.42 bits per heavy atom. The predicted molar refractivity (Wildman–Crippen MR) is 140 cm³/mol. The summed E-state index contributed by atoms with van der Waals surface area (Å²) in [7, 11) is 6.71. The molecule has 0 aliphatic carbocycles. The Labute approximate surface area is 215 Å². The van der Waals surface area contributed by atoms with Gasteiger partial charge in [-0.15, -0.1) is 0 Å². The van der Waals surface area contributed by atoms with Crippen LogP contribution in [0, 0.1) is 0 Å². The summed E-state index contributed by atoms with van der Waals surface area (Å²) in [5.74, 6) is -6.69. The van der Waals surface area contributed by atoms with Gasteiger partial charge in [0.05, 0.1) is 0 Å². The van der Waals surface area contributed by atoms with Crippen molar-refractivity contribution < 1.29 is 28.0 Å². The molecule has 2 atom stereocenters. The zero-order valence-electron chi connectivity index (χ0n) is 20.3. The third-order valence-corrected chi connectivity index (χ3v) is 7.59. The summed E-state index contributed by atoms with van der Waals surface area (Å²) in [4.78, 5) is 53.5. The summed E-state index contributed by atoms with van der Waals surface area (Å²) in [6.07, 6.45) is 0. The third kappa shape index (κ3) is 4.23. The smallest absolute Gasteiger partial charge is 0.346 e. The number of nitrogens with one attached hydrogen (secondary N) is 1. The lowest BCUT2D eigenvalue weighted by atomic mass is 9.40. The van der Waals surface area contributed by atoms with Gasteiger partial charge in [-0.2, -0.15) is 8.78 Å². The number of carbonyl (C=O) groups is 4. The first-order valence-corrected chi connectivity index (χ1v) is 11.8. The van der Waals surface area contributed by atoms with Gasteiger partial charge in [-0.25, -0.2) is 0 Å². The van der Waals surface area contributed by atoms with Crippen molar-refractivity contribution in [1.29, 1.82) is 0 Å². The number of halogens is 3. The Morgan fingerprint density at radius 1 is 1.14 bits per heavy atom. The molecule has 2 aliphatic rings. The summed E-state index contributed by atoms with van der Waals surface area (Å²) in [6.45, 7) is -0.0394. The normalized spacial score (nSPS) is 21.5. The monoisotopic (exact) mass is 509 g/mol. The molecular formula is C22H22B4ClF2N3O4. The van der Waals surface area contributed by atoms with E-state index >= 15 is 0 Å². The predicted octanol–water partition coefficient (Wildman–Crippen LogP) is -1.21. The summed E-state index contributed by atoms with van der Waals surface area (Å²) >= 11 is 5.73. The highest BCUT2D eigenvalue weighted by Crippen LogP contribution is 2.44. The number of alkyl halides is 2. The molecular weight excluding hydrogens is 487 g/mol. The Bertz CT molecular complexity index is 1280. The number of benzene rings is 2. The Balaban J connectivity index is 1.49. The molecule has 4 rings (SSSR count). The topological polar surface area (TPSA) is 86.8 Å². The molecule has 0 bridgehead atoms. The number of rotatable bonds is 5. The lowest BCUT2D eigenvalue weighted by Gasteiger charge is -2.47. The molecule has 2 heterocycles. The zero-order chi connectivity index (χ0) is 26.6. The first kappa shape index (κ1) is 26.0. The molecule has 1 fully saturated rings. The maximum absolute atomic E-state index is 14.5. The number of imide groups is 1. The lowest BCUT2D eigenvalue weighted by molar-refractivity contribution is -0.147. The minimum absolute atomic E-state index is 0.135. The minimum atomic E-state index is -3.75. The highest BCUT2D eigenvalue weighted by Gasteiger charge is 2.53. The molecule has 1 N–H and O–H groups in total. The van der Waals surface area contributed by atoms with E-state index in [1.54, 1.807) is 41.7 Å². The van der Waals surface area contributed by atoms with Crippen LogP contribution in [0.5, 0.6) is 0 Å². The Hall–Kier alpha value is -3.07. The second-order valence-corrected chi connectivity index (χ2v) is 10.3. The standard InChI is InChI=1S/C22H22B4ClF2N3O4/c23-16-15(18(34)32(26)20(36)21(16,24)25)31-9-11-7-10(1-6-14(11)17(31)33)8-30-19(35)22(28,29)12-2-4-13(27)5-3-12/h1-7,15-16H,8-9,23-26H2,(H,30,35). The van der Waals surface area contributed by atoms with Gasteiger partial charge in [-0.3, -0.25) is 19.2 Å². The van der Waals surface area contributed by atoms with Gasteiger partial charge in [0, 0.05) is 29.2 Å². The molecule has 0 saturated carbocycles. The fourth-order valence-electron chi connectivity index (χ4n) is 4.75. The van der Waals surface area contributed by atoms with Crippen molar-refractivity contribution in [2.75, 3.05) is 0 Å². The van der Waals surface area contributed by atoms with Crippen LogP contribution in [-0.2, 0) is 33.4 Å². The molecule has 2 aliphatic heterocycles.